The van der Waals surface area contributed by atoms with E-state index in [0.29, 0.717) is 5.82 Å². The molecule has 3 nitrogen and oxygen atoms in total. The molecule has 0 amide bonds. The zero-order valence-corrected chi connectivity index (χ0v) is 8.41. The molecule has 0 unspecified atom stereocenters. The van der Waals surface area contributed by atoms with E-state index >= 15 is 0 Å². The highest BCUT2D eigenvalue weighted by atomic mass is 16.3. The van der Waals surface area contributed by atoms with Crippen molar-refractivity contribution in [2.45, 2.75) is 39.2 Å². The zero-order valence-electron chi connectivity index (χ0n) is 8.41. The number of rotatable bonds is 3. The van der Waals surface area contributed by atoms with Crippen molar-refractivity contribution in [2.24, 2.45) is 0 Å². The van der Waals surface area contributed by atoms with Gasteiger partial charge >= 0.3 is 0 Å². The maximum absolute atomic E-state index is 9.66. The van der Waals surface area contributed by atoms with Gasteiger partial charge < -0.3 is 5.11 Å². The summed E-state index contributed by atoms with van der Waals surface area (Å²) in [4.78, 5) is 8.30. The molecule has 0 radical (unpaired) electrons. The van der Waals surface area contributed by atoms with E-state index in [-0.39, 0.29) is 0 Å². The number of hydrogen-bond acceptors (Lipinski definition) is 3. The summed E-state index contributed by atoms with van der Waals surface area (Å²) in [5, 5.41) is 9.66. The molecule has 1 heterocycles. The van der Waals surface area contributed by atoms with Crippen molar-refractivity contribution in [1.29, 1.82) is 0 Å². The second kappa shape index (κ2) is 3.83. The van der Waals surface area contributed by atoms with Crippen LogP contribution in [0, 0.1) is 0 Å². The number of hydrogen-bond donors (Lipinski definition) is 1. The van der Waals surface area contributed by atoms with E-state index in [0.717, 1.165) is 18.5 Å². The summed E-state index contributed by atoms with van der Waals surface area (Å²) in [6.07, 6.45) is 3.69. The van der Waals surface area contributed by atoms with Gasteiger partial charge in [-0.3, -0.25) is 0 Å². The first-order chi connectivity index (χ1) is 6.04. The molecule has 0 bridgehead atoms. The molecule has 0 aromatic carbocycles. The fraction of sp³-hybridized carbons (Fsp3) is 0.600. The van der Waals surface area contributed by atoms with E-state index in [1.54, 1.807) is 20.0 Å². The summed E-state index contributed by atoms with van der Waals surface area (Å²) in [6, 6.07) is 1.89. The molecule has 0 aliphatic rings. The normalized spacial score (nSPS) is 11.7. The molecule has 1 aromatic heterocycles. The first-order valence-corrected chi connectivity index (χ1v) is 4.59. The lowest BCUT2D eigenvalue weighted by molar-refractivity contribution is 0.0684. The van der Waals surface area contributed by atoms with Crippen molar-refractivity contribution in [3.05, 3.63) is 23.8 Å². The number of aliphatic hydroxyl groups is 1. The smallest absolute Gasteiger partial charge is 0.159 e. The average molecular weight is 180 g/mol. The second-order valence-electron chi connectivity index (χ2n) is 3.68. The molecule has 0 spiro atoms. The molecule has 0 fully saturated rings. The standard InChI is InChI=1S/C10H16N2O/c1-4-5-8-6-7-11-9(12-8)10(2,3)13/h6-7,13H,4-5H2,1-3H3. The van der Waals surface area contributed by atoms with Gasteiger partial charge in [-0.2, -0.15) is 0 Å². The Hall–Kier alpha value is -0.960. The van der Waals surface area contributed by atoms with Crippen LogP contribution >= 0.6 is 0 Å². The van der Waals surface area contributed by atoms with Crippen molar-refractivity contribution in [3.63, 3.8) is 0 Å². The summed E-state index contributed by atoms with van der Waals surface area (Å²) in [5.41, 5.74) is 0.0543. The highest BCUT2D eigenvalue weighted by molar-refractivity contribution is 5.06. The Balaban J connectivity index is 2.92. The first-order valence-electron chi connectivity index (χ1n) is 4.59. The molecule has 1 N–H and O–H groups in total. The third-order valence-electron chi connectivity index (χ3n) is 1.77. The SMILES string of the molecule is CCCc1ccnc(C(C)(C)O)n1. The molecule has 13 heavy (non-hydrogen) atoms. The summed E-state index contributed by atoms with van der Waals surface area (Å²) in [7, 11) is 0. The monoisotopic (exact) mass is 180 g/mol. The number of aryl methyl sites for hydroxylation is 1. The lowest BCUT2D eigenvalue weighted by Crippen LogP contribution is -2.20. The lowest BCUT2D eigenvalue weighted by Gasteiger charge is -2.15. The van der Waals surface area contributed by atoms with Crippen LogP contribution in [0.15, 0.2) is 12.3 Å². The molecule has 0 aliphatic heterocycles. The molecule has 0 aliphatic carbocycles. The van der Waals surface area contributed by atoms with Gasteiger partial charge in [0.05, 0.1) is 0 Å². The minimum atomic E-state index is -0.941. The summed E-state index contributed by atoms with van der Waals surface area (Å²) in [5.74, 6) is 0.499. The Kier molecular flexibility index (Phi) is 2.98. The molecule has 0 atom stereocenters. The predicted molar refractivity (Wildman–Crippen MR) is 51.3 cm³/mol. The summed E-state index contributed by atoms with van der Waals surface area (Å²) in [6.45, 7) is 5.49. The molecule has 0 saturated carbocycles. The van der Waals surface area contributed by atoms with Crippen molar-refractivity contribution >= 4 is 0 Å². The molecular weight excluding hydrogens is 164 g/mol. The minimum absolute atomic E-state index is 0.499. The van der Waals surface area contributed by atoms with Gasteiger partial charge in [0, 0.05) is 11.9 Å². The van der Waals surface area contributed by atoms with Crippen LogP contribution in [0.5, 0.6) is 0 Å². The number of aromatic nitrogens is 2. The minimum Gasteiger partial charge on any atom is -0.382 e. The maximum atomic E-state index is 9.66. The van der Waals surface area contributed by atoms with E-state index in [1.165, 1.54) is 0 Å². The van der Waals surface area contributed by atoms with Crippen LogP contribution in [-0.4, -0.2) is 15.1 Å². The average Bonchev–Trinajstić information content (AvgIpc) is 2.04. The van der Waals surface area contributed by atoms with Crippen LogP contribution < -0.4 is 0 Å². The van der Waals surface area contributed by atoms with Crippen LogP contribution in [0.4, 0.5) is 0 Å². The van der Waals surface area contributed by atoms with Crippen LogP contribution in [0.3, 0.4) is 0 Å². The number of nitrogens with zero attached hydrogens (tertiary/aromatic N) is 2. The molecule has 72 valence electrons. The topological polar surface area (TPSA) is 46.0 Å². The largest absolute Gasteiger partial charge is 0.382 e. The first kappa shape index (κ1) is 10.1. The van der Waals surface area contributed by atoms with E-state index < -0.39 is 5.60 Å². The third kappa shape index (κ3) is 2.77. The van der Waals surface area contributed by atoms with Gasteiger partial charge in [-0.1, -0.05) is 13.3 Å². The van der Waals surface area contributed by atoms with E-state index in [4.69, 9.17) is 0 Å². The van der Waals surface area contributed by atoms with Crippen LogP contribution in [-0.2, 0) is 12.0 Å². The van der Waals surface area contributed by atoms with Crippen LogP contribution in [0.2, 0.25) is 0 Å². The second-order valence-corrected chi connectivity index (χ2v) is 3.68. The van der Waals surface area contributed by atoms with E-state index in [2.05, 4.69) is 16.9 Å². The van der Waals surface area contributed by atoms with Gasteiger partial charge in [-0.05, 0) is 26.3 Å². The van der Waals surface area contributed by atoms with E-state index in [9.17, 15) is 5.11 Å². The lowest BCUT2D eigenvalue weighted by atomic mass is 10.1. The highest BCUT2D eigenvalue weighted by Crippen LogP contribution is 2.14. The molecule has 1 rings (SSSR count). The Bertz CT molecular complexity index is 278. The molecule has 0 saturated heterocycles. The van der Waals surface area contributed by atoms with Crippen LogP contribution in [0.1, 0.15) is 38.7 Å². The Morgan fingerprint density at radius 3 is 2.69 bits per heavy atom. The van der Waals surface area contributed by atoms with Crippen molar-refractivity contribution in [1.82, 2.24) is 9.97 Å². The van der Waals surface area contributed by atoms with Gasteiger partial charge in [0.1, 0.15) is 5.60 Å². The fourth-order valence-corrected chi connectivity index (χ4v) is 1.09. The Morgan fingerprint density at radius 1 is 1.46 bits per heavy atom. The zero-order chi connectivity index (χ0) is 9.90. The predicted octanol–water partition coefficient (Wildman–Crippen LogP) is 1.66. The van der Waals surface area contributed by atoms with Gasteiger partial charge in [-0.25, -0.2) is 9.97 Å². The molecular formula is C10H16N2O. The summed E-state index contributed by atoms with van der Waals surface area (Å²) < 4.78 is 0. The van der Waals surface area contributed by atoms with Gasteiger partial charge in [0.15, 0.2) is 5.82 Å². The highest BCUT2D eigenvalue weighted by Gasteiger charge is 2.19. The Morgan fingerprint density at radius 2 is 2.15 bits per heavy atom. The van der Waals surface area contributed by atoms with E-state index in [1.807, 2.05) is 6.07 Å². The van der Waals surface area contributed by atoms with Crippen molar-refractivity contribution < 1.29 is 5.11 Å². The summed E-state index contributed by atoms with van der Waals surface area (Å²) >= 11 is 0. The molecule has 3 heteroatoms. The third-order valence-corrected chi connectivity index (χ3v) is 1.77. The molecule has 1 aromatic rings. The van der Waals surface area contributed by atoms with Crippen LogP contribution in [0.25, 0.3) is 0 Å². The van der Waals surface area contributed by atoms with Gasteiger partial charge in [0.25, 0.3) is 0 Å². The Labute approximate surface area is 78.9 Å². The van der Waals surface area contributed by atoms with Crippen molar-refractivity contribution in [2.75, 3.05) is 0 Å². The van der Waals surface area contributed by atoms with Gasteiger partial charge in [0.2, 0.25) is 0 Å². The quantitative estimate of drug-likeness (QED) is 0.769. The fourth-order valence-electron chi connectivity index (χ4n) is 1.09. The van der Waals surface area contributed by atoms with Gasteiger partial charge in [-0.15, -0.1) is 0 Å². The van der Waals surface area contributed by atoms with Crippen molar-refractivity contribution in [3.8, 4) is 0 Å². The maximum Gasteiger partial charge on any atom is 0.159 e.